The smallest absolute Gasteiger partial charge is 0.243 e. The monoisotopic (exact) mass is 379 g/mol. The van der Waals surface area contributed by atoms with Crippen LogP contribution in [0.4, 0.5) is 0 Å². The lowest BCUT2D eigenvalue weighted by Gasteiger charge is -2.34. The number of piperazine rings is 1. The maximum atomic E-state index is 12.9. The second-order valence-electron chi connectivity index (χ2n) is 6.44. The molecule has 1 aromatic carbocycles. The molecule has 0 unspecified atom stereocenters. The van der Waals surface area contributed by atoms with E-state index in [1.807, 2.05) is 32.0 Å². The first-order valence-electron chi connectivity index (χ1n) is 8.26. The minimum absolute atomic E-state index is 0.419. The van der Waals surface area contributed by atoms with Crippen LogP contribution in [0.15, 0.2) is 41.4 Å². The number of halogens is 1. The quantitative estimate of drug-likeness (QED) is 0.766. The van der Waals surface area contributed by atoms with Crippen molar-refractivity contribution in [1.29, 1.82) is 0 Å². The standard InChI is InChI=1S/C18H22ClN3O2S/c1-14-3-4-15(2)17(11-14)25(23,24)22-9-7-21(8-10-22)13-16-5-6-18(19)20-12-16/h3-6,11-12H,7-10,13H2,1-2H3. The van der Waals surface area contributed by atoms with Gasteiger partial charge >= 0.3 is 0 Å². The van der Waals surface area contributed by atoms with E-state index in [1.54, 1.807) is 22.6 Å². The van der Waals surface area contributed by atoms with Gasteiger partial charge in [0, 0.05) is 38.9 Å². The number of aromatic nitrogens is 1. The molecule has 0 saturated carbocycles. The Kier molecular flexibility index (Phi) is 5.43. The van der Waals surface area contributed by atoms with Crippen LogP contribution in [0.1, 0.15) is 16.7 Å². The van der Waals surface area contributed by atoms with Crippen molar-refractivity contribution in [3.05, 3.63) is 58.4 Å². The van der Waals surface area contributed by atoms with Gasteiger partial charge in [0.2, 0.25) is 10.0 Å². The third kappa shape index (κ3) is 4.20. The lowest BCUT2D eigenvalue weighted by Crippen LogP contribution is -2.48. The summed E-state index contributed by atoms with van der Waals surface area (Å²) in [5, 5.41) is 0.480. The maximum absolute atomic E-state index is 12.9. The fourth-order valence-electron chi connectivity index (χ4n) is 3.01. The number of nitrogens with zero attached hydrogens (tertiary/aromatic N) is 3. The fourth-order valence-corrected chi connectivity index (χ4v) is 4.85. The van der Waals surface area contributed by atoms with Crippen molar-refractivity contribution in [1.82, 2.24) is 14.2 Å². The fraction of sp³-hybridized carbons (Fsp3) is 0.389. The van der Waals surface area contributed by atoms with Crippen LogP contribution in [0.25, 0.3) is 0 Å². The molecule has 1 aliphatic rings. The van der Waals surface area contributed by atoms with Gasteiger partial charge in [-0.3, -0.25) is 4.90 Å². The molecule has 0 amide bonds. The van der Waals surface area contributed by atoms with Crippen LogP contribution in [0.5, 0.6) is 0 Å². The number of hydrogen-bond acceptors (Lipinski definition) is 4. The molecule has 0 radical (unpaired) electrons. The summed E-state index contributed by atoms with van der Waals surface area (Å²) >= 11 is 5.81. The number of hydrogen-bond donors (Lipinski definition) is 0. The lowest BCUT2D eigenvalue weighted by molar-refractivity contribution is 0.181. The highest BCUT2D eigenvalue weighted by Gasteiger charge is 2.29. The zero-order chi connectivity index (χ0) is 18.0. The minimum atomic E-state index is -3.44. The largest absolute Gasteiger partial charge is 0.296 e. The van der Waals surface area contributed by atoms with Gasteiger partial charge in [-0.05, 0) is 42.7 Å². The summed E-state index contributed by atoms with van der Waals surface area (Å²) in [4.78, 5) is 6.74. The number of rotatable bonds is 4. The molecule has 2 heterocycles. The molecule has 25 heavy (non-hydrogen) atoms. The molecule has 0 bridgehead atoms. The van der Waals surface area contributed by atoms with E-state index < -0.39 is 10.0 Å². The summed E-state index contributed by atoms with van der Waals surface area (Å²) < 4.78 is 27.5. The molecule has 0 spiro atoms. The van der Waals surface area contributed by atoms with Crippen molar-refractivity contribution >= 4 is 21.6 Å². The van der Waals surface area contributed by atoms with E-state index in [9.17, 15) is 8.42 Å². The Hall–Kier alpha value is -1.47. The summed E-state index contributed by atoms with van der Waals surface area (Å²) in [6, 6.07) is 9.29. The van der Waals surface area contributed by atoms with Crippen molar-refractivity contribution in [2.24, 2.45) is 0 Å². The Morgan fingerprint density at radius 2 is 1.80 bits per heavy atom. The van der Waals surface area contributed by atoms with Crippen molar-refractivity contribution in [2.75, 3.05) is 26.2 Å². The van der Waals surface area contributed by atoms with E-state index in [-0.39, 0.29) is 0 Å². The summed E-state index contributed by atoms with van der Waals surface area (Å²) in [5.74, 6) is 0. The van der Waals surface area contributed by atoms with Gasteiger partial charge < -0.3 is 0 Å². The molecule has 1 fully saturated rings. The van der Waals surface area contributed by atoms with E-state index in [0.29, 0.717) is 36.2 Å². The van der Waals surface area contributed by atoms with Crippen LogP contribution in [0.2, 0.25) is 5.15 Å². The van der Waals surface area contributed by atoms with Crippen molar-refractivity contribution in [3.8, 4) is 0 Å². The summed E-state index contributed by atoms with van der Waals surface area (Å²) in [7, 11) is -3.44. The molecule has 7 heteroatoms. The molecule has 0 aliphatic carbocycles. The first kappa shape index (κ1) is 18.3. The number of sulfonamides is 1. The Bertz CT molecular complexity index is 845. The highest BCUT2D eigenvalue weighted by Crippen LogP contribution is 2.22. The number of benzene rings is 1. The van der Waals surface area contributed by atoms with Crippen molar-refractivity contribution < 1.29 is 8.42 Å². The molecule has 1 saturated heterocycles. The Morgan fingerprint density at radius 3 is 2.44 bits per heavy atom. The van der Waals surface area contributed by atoms with Crippen LogP contribution in [-0.4, -0.2) is 48.8 Å². The second-order valence-corrected chi connectivity index (χ2v) is 8.73. The van der Waals surface area contributed by atoms with Crippen molar-refractivity contribution in [3.63, 3.8) is 0 Å². The average Bonchev–Trinajstić information content (AvgIpc) is 2.59. The van der Waals surface area contributed by atoms with E-state index in [2.05, 4.69) is 9.88 Å². The van der Waals surface area contributed by atoms with Crippen LogP contribution in [0, 0.1) is 13.8 Å². The molecule has 134 valence electrons. The molecule has 5 nitrogen and oxygen atoms in total. The lowest BCUT2D eigenvalue weighted by atomic mass is 10.2. The van der Waals surface area contributed by atoms with Crippen molar-refractivity contribution in [2.45, 2.75) is 25.3 Å². The topological polar surface area (TPSA) is 53.5 Å². The van der Waals surface area contributed by atoms with E-state index in [0.717, 1.165) is 23.2 Å². The molecular weight excluding hydrogens is 358 g/mol. The van der Waals surface area contributed by atoms with Gasteiger partial charge in [-0.2, -0.15) is 4.31 Å². The van der Waals surface area contributed by atoms with Gasteiger partial charge in [0.15, 0.2) is 0 Å². The average molecular weight is 380 g/mol. The zero-order valence-corrected chi connectivity index (χ0v) is 16.0. The first-order valence-corrected chi connectivity index (χ1v) is 10.1. The highest BCUT2D eigenvalue weighted by atomic mass is 35.5. The van der Waals surface area contributed by atoms with Crippen LogP contribution < -0.4 is 0 Å². The SMILES string of the molecule is Cc1ccc(C)c(S(=O)(=O)N2CCN(Cc3ccc(Cl)nc3)CC2)c1. The van der Waals surface area contributed by atoms with Gasteiger partial charge in [-0.25, -0.2) is 13.4 Å². The van der Waals surface area contributed by atoms with E-state index in [4.69, 9.17) is 11.6 Å². The van der Waals surface area contributed by atoms with Crippen LogP contribution in [0.3, 0.4) is 0 Å². The summed E-state index contributed by atoms with van der Waals surface area (Å²) in [6.45, 7) is 6.90. The molecule has 0 atom stereocenters. The molecule has 3 rings (SSSR count). The summed E-state index contributed by atoms with van der Waals surface area (Å²) in [5.41, 5.74) is 2.83. The molecule has 1 aliphatic heterocycles. The van der Waals surface area contributed by atoms with Crippen LogP contribution in [-0.2, 0) is 16.6 Å². The van der Waals surface area contributed by atoms with Crippen LogP contribution >= 0.6 is 11.6 Å². The van der Waals surface area contributed by atoms with E-state index >= 15 is 0 Å². The van der Waals surface area contributed by atoms with Gasteiger partial charge in [-0.15, -0.1) is 0 Å². The Labute approximate surface area is 154 Å². The molecule has 1 aromatic heterocycles. The number of pyridine rings is 1. The third-order valence-corrected chi connectivity index (χ3v) is 6.75. The highest BCUT2D eigenvalue weighted by molar-refractivity contribution is 7.89. The van der Waals surface area contributed by atoms with Gasteiger partial charge in [0.1, 0.15) is 5.15 Å². The normalized spacial score (nSPS) is 16.9. The van der Waals surface area contributed by atoms with Gasteiger partial charge in [0.25, 0.3) is 0 Å². The molecule has 0 N–H and O–H groups in total. The molecule has 2 aromatic rings. The Balaban J connectivity index is 1.67. The predicted octanol–water partition coefficient (Wildman–Crippen LogP) is 2.86. The number of aryl methyl sites for hydroxylation is 2. The van der Waals surface area contributed by atoms with Gasteiger partial charge in [-0.1, -0.05) is 29.8 Å². The zero-order valence-electron chi connectivity index (χ0n) is 14.4. The third-order valence-electron chi connectivity index (χ3n) is 4.49. The summed E-state index contributed by atoms with van der Waals surface area (Å²) in [6.07, 6.45) is 1.77. The van der Waals surface area contributed by atoms with Gasteiger partial charge in [0.05, 0.1) is 4.90 Å². The molecular formula is C18H22ClN3O2S. The first-order chi connectivity index (χ1) is 11.9. The second kappa shape index (κ2) is 7.41. The maximum Gasteiger partial charge on any atom is 0.243 e. The minimum Gasteiger partial charge on any atom is -0.296 e. The Morgan fingerprint density at radius 1 is 1.08 bits per heavy atom. The predicted molar refractivity (Wildman–Crippen MR) is 99.2 cm³/mol. The van der Waals surface area contributed by atoms with E-state index in [1.165, 1.54) is 0 Å².